The number of fused-ring (bicyclic) bond motifs is 1. The molecular formula is C21H24N2O2. The highest BCUT2D eigenvalue weighted by atomic mass is 16.2. The summed E-state index contributed by atoms with van der Waals surface area (Å²) >= 11 is 0. The summed E-state index contributed by atoms with van der Waals surface area (Å²) in [7, 11) is 0. The number of carbonyl (C=O) groups excluding carboxylic acids is 2. The van der Waals surface area contributed by atoms with Crippen LogP contribution in [0.4, 0.5) is 5.69 Å². The second kappa shape index (κ2) is 7.51. The van der Waals surface area contributed by atoms with Gasteiger partial charge in [-0.2, -0.15) is 0 Å². The molecule has 0 aliphatic carbocycles. The summed E-state index contributed by atoms with van der Waals surface area (Å²) in [6, 6.07) is 15.8. The highest BCUT2D eigenvalue weighted by molar-refractivity contribution is 5.91. The van der Waals surface area contributed by atoms with Gasteiger partial charge in [0.15, 0.2) is 0 Å². The predicted octanol–water partition coefficient (Wildman–Crippen LogP) is 3.72. The molecule has 0 aromatic heterocycles. The van der Waals surface area contributed by atoms with Gasteiger partial charge >= 0.3 is 0 Å². The Kier molecular flexibility index (Phi) is 5.17. The molecule has 2 aromatic rings. The molecule has 0 bridgehead atoms. The maximum atomic E-state index is 12.6. The highest BCUT2D eigenvalue weighted by Crippen LogP contribution is 2.32. The zero-order valence-electron chi connectivity index (χ0n) is 14.8. The molecule has 1 aliphatic heterocycles. The number of benzene rings is 2. The molecule has 0 saturated carbocycles. The van der Waals surface area contributed by atoms with E-state index in [1.165, 1.54) is 11.1 Å². The Hall–Kier alpha value is -2.62. The number of nitrogens with zero attached hydrogens (tertiary/aromatic N) is 1. The standard InChI is InChI=1S/C21H24N2O2/c1-3-16-7-6-9-18(13-16)22-21(25)14-20-19-10-5-4-8-17(19)11-12-23(20)15(2)24/h4-10,13,20H,3,11-12,14H2,1-2H3,(H,22,25). The molecule has 0 spiro atoms. The van der Waals surface area contributed by atoms with Gasteiger partial charge in [-0.3, -0.25) is 9.59 Å². The molecule has 25 heavy (non-hydrogen) atoms. The average molecular weight is 336 g/mol. The smallest absolute Gasteiger partial charge is 0.226 e. The van der Waals surface area contributed by atoms with Crippen molar-refractivity contribution in [3.05, 3.63) is 65.2 Å². The molecule has 0 saturated heterocycles. The van der Waals surface area contributed by atoms with Crippen LogP contribution in [0, 0.1) is 0 Å². The lowest BCUT2D eigenvalue weighted by Crippen LogP contribution is -2.40. The van der Waals surface area contributed by atoms with Gasteiger partial charge in [0.2, 0.25) is 11.8 Å². The van der Waals surface area contributed by atoms with Crippen molar-refractivity contribution >= 4 is 17.5 Å². The number of nitrogens with one attached hydrogen (secondary N) is 1. The lowest BCUT2D eigenvalue weighted by molar-refractivity contribution is -0.132. The van der Waals surface area contributed by atoms with Gasteiger partial charge in [0.1, 0.15) is 0 Å². The van der Waals surface area contributed by atoms with Crippen LogP contribution in [0.25, 0.3) is 0 Å². The number of anilines is 1. The van der Waals surface area contributed by atoms with Crippen LogP contribution in [-0.4, -0.2) is 23.3 Å². The molecular weight excluding hydrogens is 312 g/mol. The Morgan fingerprint density at radius 2 is 1.96 bits per heavy atom. The first-order valence-corrected chi connectivity index (χ1v) is 8.82. The molecule has 2 aromatic carbocycles. The molecule has 0 radical (unpaired) electrons. The third-order valence-electron chi connectivity index (χ3n) is 4.81. The normalized spacial score (nSPS) is 16.2. The van der Waals surface area contributed by atoms with Gasteiger partial charge < -0.3 is 10.2 Å². The van der Waals surface area contributed by atoms with Crippen LogP contribution >= 0.6 is 0 Å². The average Bonchev–Trinajstić information content (AvgIpc) is 2.61. The number of amides is 2. The fraction of sp³-hybridized carbons (Fsp3) is 0.333. The van der Waals surface area contributed by atoms with Crippen molar-refractivity contribution in [3.63, 3.8) is 0 Å². The second-order valence-electron chi connectivity index (χ2n) is 6.48. The minimum absolute atomic E-state index is 0.0142. The van der Waals surface area contributed by atoms with Gasteiger partial charge in [-0.25, -0.2) is 0 Å². The monoisotopic (exact) mass is 336 g/mol. The fourth-order valence-electron chi connectivity index (χ4n) is 3.51. The number of aryl methyl sites for hydroxylation is 1. The molecule has 1 atom stereocenters. The van der Waals surface area contributed by atoms with Crippen molar-refractivity contribution in [3.8, 4) is 0 Å². The van der Waals surface area contributed by atoms with E-state index in [0.717, 1.165) is 24.1 Å². The summed E-state index contributed by atoms with van der Waals surface area (Å²) in [5, 5.41) is 2.98. The van der Waals surface area contributed by atoms with E-state index < -0.39 is 0 Å². The zero-order chi connectivity index (χ0) is 17.8. The number of hydrogen-bond donors (Lipinski definition) is 1. The van der Waals surface area contributed by atoms with Gasteiger partial charge in [-0.15, -0.1) is 0 Å². The van der Waals surface area contributed by atoms with Crippen LogP contribution in [0.15, 0.2) is 48.5 Å². The van der Waals surface area contributed by atoms with Crippen LogP contribution in [0.5, 0.6) is 0 Å². The third-order valence-corrected chi connectivity index (χ3v) is 4.81. The molecule has 1 aliphatic rings. The lowest BCUT2D eigenvalue weighted by atomic mass is 9.90. The van der Waals surface area contributed by atoms with E-state index in [-0.39, 0.29) is 24.3 Å². The fourth-order valence-corrected chi connectivity index (χ4v) is 3.51. The predicted molar refractivity (Wildman–Crippen MR) is 99.3 cm³/mol. The van der Waals surface area contributed by atoms with Crippen LogP contribution in [-0.2, 0) is 22.4 Å². The highest BCUT2D eigenvalue weighted by Gasteiger charge is 2.30. The molecule has 3 rings (SSSR count). The Bertz CT molecular complexity index is 785. The van der Waals surface area contributed by atoms with Gasteiger partial charge in [0.05, 0.1) is 12.5 Å². The third kappa shape index (κ3) is 3.90. The Labute approximate surface area is 148 Å². The van der Waals surface area contributed by atoms with E-state index >= 15 is 0 Å². The summed E-state index contributed by atoms with van der Waals surface area (Å²) in [4.78, 5) is 26.5. The molecule has 130 valence electrons. The van der Waals surface area contributed by atoms with Gasteiger partial charge in [0, 0.05) is 19.2 Å². The van der Waals surface area contributed by atoms with Crippen molar-refractivity contribution in [1.82, 2.24) is 4.90 Å². The van der Waals surface area contributed by atoms with E-state index in [1.54, 1.807) is 6.92 Å². The summed E-state index contributed by atoms with van der Waals surface area (Å²) < 4.78 is 0. The van der Waals surface area contributed by atoms with Crippen molar-refractivity contribution < 1.29 is 9.59 Å². The summed E-state index contributed by atoms with van der Waals surface area (Å²) in [6.45, 7) is 4.32. The maximum absolute atomic E-state index is 12.6. The molecule has 4 nitrogen and oxygen atoms in total. The SMILES string of the molecule is CCc1cccc(NC(=O)CC2c3ccccc3CCN2C(C)=O)c1. The van der Waals surface area contributed by atoms with E-state index in [0.29, 0.717) is 6.54 Å². The number of rotatable bonds is 4. The maximum Gasteiger partial charge on any atom is 0.226 e. The summed E-state index contributed by atoms with van der Waals surface area (Å²) in [5.41, 5.74) is 4.31. The quantitative estimate of drug-likeness (QED) is 0.925. The van der Waals surface area contributed by atoms with Crippen LogP contribution < -0.4 is 5.32 Å². The van der Waals surface area contributed by atoms with E-state index in [4.69, 9.17) is 0 Å². The van der Waals surface area contributed by atoms with Gasteiger partial charge in [-0.1, -0.05) is 43.3 Å². The minimum atomic E-state index is -0.197. The second-order valence-corrected chi connectivity index (χ2v) is 6.48. The van der Waals surface area contributed by atoms with Gasteiger partial charge in [-0.05, 0) is 41.7 Å². The molecule has 1 unspecified atom stereocenters. The van der Waals surface area contributed by atoms with Crippen molar-refractivity contribution in [2.24, 2.45) is 0 Å². The molecule has 2 amide bonds. The molecule has 1 N–H and O–H groups in total. The first-order valence-electron chi connectivity index (χ1n) is 8.82. The van der Waals surface area contributed by atoms with E-state index in [1.807, 2.05) is 47.4 Å². The first kappa shape index (κ1) is 17.2. The minimum Gasteiger partial charge on any atom is -0.335 e. The summed E-state index contributed by atoms with van der Waals surface area (Å²) in [6.07, 6.45) is 2.04. The van der Waals surface area contributed by atoms with Crippen molar-refractivity contribution in [2.75, 3.05) is 11.9 Å². The van der Waals surface area contributed by atoms with E-state index in [2.05, 4.69) is 18.3 Å². The van der Waals surface area contributed by atoms with Crippen LogP contribution in [0.2, 0.25) is 0 Å². The van der Waals surface area contributed by atoms with E-state index in [9.17, 15) is 9.59 Å². The topological polar surface area (TPSA) is 49.4 Å². The Morgan fingerprint density at radius 1 is 1.16 bits per heavy atom. The number of carbonyl (C=O) groups is 2. The zero-order valence-corrected chi connectivity index (χ0v) is 14.8. The molecule has 4 heteroatoms. The van der Waals surface area contributed by atoms with Crippen LogP contribution in [0.1, 0.15) is 43.0 Å². The van der Waals surface area contributed by atoms with Crippen molar-refractivity contribution in [1.29, 1.82) is 0 Å². The van der Waals surface area contributed by atoms with Crippen molar-refractivity contribution in [2.45, 2.75) is 39.2 Å². The Morgan fingerprint density at radius 3 is 2.72 bits per heavy atom. The van der Waals surface area contributed by atoms with Crippen LogP contribution in [0.3, 0.4) is 0 Å². The lowest BCUT2D eigenvalue weighted by Gasteiger charge is -2.36. The molecule has 0 fully saturated rings. The molecule has 1 heterocycles. The summed E-state index contributed by atoms with van der Waals surface area (Å²) in [5.74, 6) is -0.0542. The Balaban J connectivity index is 1.79. The first-order chi connectivity index (χ1) is 12.1. The van der Waals surface area contributed by atoms with Gasteiger partial charge in [0.25, 0.3) is 0 Å². The number of hydrogen-bond acceptors (Lipinski definition) is 2. The largest absolute Gasteiger partial charge is 0.335 e.